The Bertz CT molecular complexity index is 1030. The number of hydrogen-bond acceptors (Lipinski definition) is 5. The summed E-state index contributed by atoms with van der Waals surface area (Å²) in [6.45, 7) is 7.55. The standard InChI is InChI=1S/C49H82O5/c1-4-7-10-13-16-19-21-22-23-24-25-26-27-28-30-31-33-36-39-42-48(50)53-46-47(45-52-44-41-38-35-18-15-12-9-6-3)54-49(51)43-40-37-34-32-29-20-17-14-11-8-5-2/h7,10,14,16-17,19,22-23,25-26,28,30,33,36,47H,4-6,8-9,11-13,15,18,20-21,24,27,29,31-32,34-35,37-46H2,1-3H3/b10-7-,17-14-,19-16-,23-22-,26-25-,30-28-,36-33-. The van der Waals surface area contributed by atoms with Gasteiger partial charge < -0.3 is 14.2 Å². The Morgan fingerprint density at radius 2 is 0.889 bits per heavy atom. The summed E-state index contributed by atoms with van der Waals surface area (Å²) in [5, 5.41) is 0. The topological polar surface area (TPSA) is 61.8 Å². The number of carbonyl (C=O) groups is 2. The minimum absolute atomic E-state index is 0.0392. The van der Waals surface area contributed by atoms with Gasteiger partial charge in [-0.1, -0.05) is 183 Å². The van der Waals surface area contributed by atoms with Crippen LogP contribution in [-0.4, -0.2) is 37.9 Å². The van der Waals surface area contributed by atoms with Crippen LogP contribution in [0.15, 0.2) is 85.1 Å². The lowest BCUT2D eigenvalue weighted by Gasteiger charge is -2.18. The van der Waals surface area contributed by atoms with Gasteiger partial charge in [0.2, 0.25) is 0 Å². The summed E-state index contributed by atoms with van der Waals surface area (Å²) in [4.78, 5) is 25.1. The third-order valence-electron chi connectivity index (χ3n) is 8.93. The molecule has 0 fully saturated rings. The first-order valence-electron chi connectivity index (χ1n) is 22.1. The predicted octanol–water partition coefficient (Wildman–Crippen LogP) is 14.6. The van der Waals surface area contributed by atoms with Gasteiger partial charge in [-0.05, 0) is 77.0 Å². The monoisotopic (exact) mass is 751 g/mol. The second kappa shape index (κ2) is 44.5. The van der Waals surface area contributed by atoms with Crippen molar-refractivity contribution in [2.45, 2.75) is 194 Å². The van der Waals surface area contributed by atoms with Gasteiger partial charge in [0.1, 0.15) is 6.61 Å². The molecular weight excluding hydrogens is 669 g/mol. The predicted molar refractivity (Wildman–Crippen MR) is 233 cm³/mol. The summed E-state index contributed by atoms with van der Waals surface area (Å²) in [5.74, 6) is -0.512. The maximum atomic E-state index is 12.6. The molecule has 0 aliphatic carbocycles. The molecule has 0 rings (SSSR count). The molecule has 0 aromatic heterocycles. The van der Waals surface area contributed by atoms with E-state index >= 15 is 0 Å². The van der Waals surface area contributed by atoms with E-state index in [0.29, 0.717) is 25.9 Å². The van der Waals surface area contributed by atoms with Crippen LogP contribution in [0.1, 0.15) is 188 Å². The zero-order valence-electron chi connectivity index (χ0n) is 35.2. The van der Waals surface area contributed by atoms with Crippen LogP contribution in [-0.2, 0) is 23.8 Å². The average molecular weight is 751 g/mol. The number of esters is 2. The molecule has 1 unspecified atom stereocenters. The van der Waals surface area contributed by atoms with Gasteiger partial charge in [-0.25, -0.2) is 0 Å². The van der Waals surface area contributed by atoms with Crippen LogP contribution >= 0.6 is 0 Å². The van der Waals surface area contributed by atoms with Crippen molar-refractivity contribution in [2.75, 3.05) is 19.8 Å². The Morgan fingerprint density at radius 3 is 1.46 bits per heavy atom. The van der Waals surface area contributed by atoms with Crippen LogP contribution < -0.4 is 0 Å². The molecule has 0 aliphatic rings. The SMILES string of the molecule is CC/C=C\C/C=C\C/C=C\C/C=C\C/C=C\C/C=C\CCC(=O)OCC(COCCCCCCCCCC)OC(=O)CCCCCCC/C=C\CCCC. The molecule has 0 aromatic rings. The molecule has 0 N–H and O–H groups in total. The van der Waals surface area contributed by atoms with E-state index < -0.39 is 6.10 Å². The van der Waals surface area contributed by atoms with E-state index in [0.717, 1.165) is 77.0 Å². The van der Waals surface area contributed by atoms with Crippen LogP contribution in [0, 0.1) is 0 Å². The van der Waals surface area contributed by atoms with Crippen molar-refractivity contribution < 1.29 is 23.8 Å². The van der Waals surface area contributed by atoms with E-state index in [-0.39, 0.29) is 25.2 Å². The quantitative estimate of drug-likeness (QED) is 0.0356. The zero-order chi connectivity index (χ0) is 39.3. The fraction of sp³-hybridized carbons (Fsp3) is 0.673. The number of allylic oxidation sites excluding steroid dienone is 14. The summed E-state index contributed by atoms with van der Waals surface area (Å²) in [6.07, 6.45) is 57.4. The van der Waals surface area contributed by atoms with Gasteiger partial charge in [0.05, 0.1) is 6.61 Å². The highest BCUT2D eigenvalue weighted by atomic mass is 16.6. The largest absolute Gasteiger partial charge is 0.462 e. The maximum Gasteiger partial charge on any atom is 0.306 e. The van der Waals surface area contributed by atoms with Gasteiger partial charge in [-0.15, -0.1) is 0 Å². The smallest absolute Gasteiger partial charge is 0.306 e. The lowest BCUT2D eigenvalue weighted by Crippen LogP contribution is -2.30. The van der Waals surface area contributed by atoms with Gasteiger partial charge in [-0.3, -0.25) is 9.59 Å². The van der Waals surface area contributed by atoms with E-state index in [1.807, 2.05) is 6.08 Å². The molecule has 0 aliphatic heterocycles. The second-order valence-corrected chi connectivity index (χ2v) is 14.2. The maximum absolute atomic E-state index is 12.6. The van der Waals surface area contributed by atoms with Crippen LogP contribution in [0.25, 0.3) is 0 Å². The van der Waals surface area contributed by atoms with Gasteiger partial charge in [0.15, 0.2) is 6.10 Å². The van der Waals surface area contributed by atoms with E-state index in [1.165, 1.54) is 70.6 Å². The first-order chi connectivity index (χ1) is 26.6. The third kappa shape index (κ3) is 41.8. The number of rotatable bonds is 39. The average Bonchev–Trinajstić information content (AvgIpc) is 3.17. The molecule has 308 valence electrons. The first kappa shape index (κ1) is 51.1. The molecule has 1 atom stereocenters. The molecule has 0 saturated carbocycles. The van der Waals surface area contributed by atoms with Crippen LogP contribution in [0.5, 0.6) is 0 Å². The van der Waals surface area contributed by atoms with Crippen molar-refractivity contribution in [1.29, 1.82) is 0 Å². The molecule has 0 bridgehead atoms. The zero-order valence-corrected chi connectivity index (χ0v) is 35.2. The molecule has 0 heterocycles. The Balaban J connectivity index is 4.33. The van der Waals surface area contributed by atoms with E-state index in [2.05, 4.69) is 99.8 Å². The number of carbonyl (C=O) groups excluding carboxylic acids is 2. The van der Waals surface area contributed by atoms with Crippen molar-refractivity contribution in [3.05, 3.63) is 85.1 Å². The Morgan fingerprint density at radius 1 is 0.426 bits per heavy atom. The van der Waals surface area contributed by atoms with Crippen molar-refractivity contribution in [3.63, 3.8) is 0 Å². The van der Waals surface area contributed by atoms with Gasteiger partial charge in [0, 0.05) is 19.4 Å². The molecule has 5 heteroatoms. The highest BCUT2D eigenvalue weighted by Crippen LogP contribution is 2.11. The van der Waals surface area contributed by atoms with E-state index in [1.54, 1.807) is 0 Å². The summed E-state index contributed by atoms with van der Waals surface area (Å²) in [7, 11) is 0. The molecule has 0 aromatic carbocycles. The highest BCUT2D eigenvalue weighted by Gasteiger charge is 2.17. The first-order valence-corrected chi connectivity index (χ1v) is 22.1. The van der Waals surface area contributed by atoms with Crippen molar-refractivity contribution in [1.82, 2.24) is 0 Å². The molecule has 0 saturated heterocycles. The number of unbranched alkanes of at least 4 members (excludes halogenated alkanes) is 14. The molecule has 54 heavy (non-hydrogen) atoms. The summed E-state index contributed by atoms with van der Waals surface area (Å²) >= 11 is 0. The fourth-order valence-electron chi connectivity index (χ4n) is 5.63. The fourth-order valence-corrected chi connectivity index (χ4v) is 5.63. The molecule has 5 nitrogen and oxygen atoms in total. The Kier molecular flexibility index (Phi) is 42.1. The third-order valence-corrected chi connectivity index (χ3v) is 8.93. The normalized spacial score (nSPS) is 13.0. The second-order valence-electron chi connectivity index (χ2n) is 14.2. The molecule has 0 radical (unpaired) electrons. The molecular formula is C49H82O5. The Hall–Kier alpha value is -2.92. The van der Waals surface area contributed by atoms with Crippen LogP contribution in [0.4, 0.5) is 0 Å². The lowest BCUT2D eigenvalue weighted by molar-refractivity contribution is -0.162. The van der Waals surface area contributed by atoms with Gasteiger partial charge in [0.25, 0.3) is 0 Å². The summed E-state index contributed by atoms with van der Waals surface area (Å²) in [5.41, 5.74) is 0. The Labute approximate surface area is 333 Å². The van der Waals surface area contributed by atoms with Crippen molar-refractivity contribution in [3.8, 4) is 0 Å². The van der Waals surface area contributed by atoms with Gasteiger partial charge in [-0.2, -0.15) is 0 Å². The van der Waals surface area contributed by atoms with E-state index in [9.17, 15) is 9.59 Å². The number of ether oxygens (including phenoxy) is 3. The van der Waals surface area contributed by atoms with Crippen molar-refractivity contribution >= 4 is 11.9 Å². The minimum Gasteiger partial charge on any atom is -0.462 e. The van der Waals surface area contributed by atoms with E-state index in [4.69, 9.17) is 14.2 Å². The number of hydrogen-bond donors (Lipinski definition) is 0. The van der Waals surface area contributed by atoms with Crippen LogP contribution in [0.3, 0.4) is 0 Å². The van der Waals surface area contributed by atoms with Crippen molar-refractivity contribution in [2.24, 2.45) is 0 Å². The lowest BCUT2D eigenvalue weighted by atomic mass is 10.1. The molecule has 0 amide bonds. The molecule has 0 spiro atoms. The highest BCUT2D eigenvalue weighted by molar-refractivity contribution is 5.70. The summed E-state index contributed by atoms with van der Waals surface area (Å²) in [6, 6.07) is 0. The minimum atomic E-state index is -0.569. The summed E-state index contributed by atoms with van der Waals surface area (Å²) < 4.78 is 17.2. The van der Waals surface area contributed by atoms with Crippen LogP contribution in [0.2, 0.25) is 0 Å². The van der Waals surface area contributed by atoms with Gasteiger partial charge >= 0.3 is 11.9 Å².